The number of aliphatic hydroxyl groups excluding tert-OH is 1. The molecule has 0 unspecified atom stereocenters. The molecule has 0 radical (unpaired) electrons. The Morgan fingerprint density at radius 3 is 2.65 bits per heavy atom. The Balaban J connectivity index is 2.80. The van der Waals surface area contributed by atoms with Crippen molar-refractivity contribution in [2.24, 2.45) is 0 Å². The number of aliphatic hydroxyl groups is 1. The topological polar surface area (TPSA) is 104 Å². The van der Waals surface area contributed by atoms with E-state index in [4.69, 9.17) is 5.11 Å². The number of rotatable bonds is 7. The molecule has 1 aromatic rings. The number of amides is 1. The van der Waals surface area contributed by atoms with Gasteiger partial charge in [-0.15, -0.1) is 0 Å². The van der Waals surface area contributed by atoms with Crippen LogP contribution in [-0.4, -0.2) is 46.1 Å². The number of hydrogen-bond acceptors (Lipinski definition) is 5. The maximum absolute atomic E-state index is 12.1. The minimum Gasteiger partial charge on any atom is -0.508 e. The van der Waals surface area contributed by atoms with E-state index >= 15 is 0 Å². The molecule has 0 bridgehead atoms. The van der Waals surface area contributed by atoms with Crippen LogP contribution in [0.4, 0.5) is 5.69 Å². The average molecular weight is 282 g/mol. The van der Waals surface area contributed by atoms with Gasteiger partial charge in [0.15, 0.2) is 0 Å². The molecule has 0 aliphatic carbocycles. The van der Waals surface area contributed by atoms with E-state index in [1.54, 1.807) is 7.05 Å². The lowest BCUT2D eigenvalue weighted by molar-refractivity contribution is -0.385. The first-order chi connectivity index (χ1) is 9.47. The van der Waals surface area contributed by atoms with Gasteiger partial charge in [-0.2, -0.15) is 0 Å². The number of carbonyl (C=O) groups excluding carboxylic acids is 1. The summed E-state index contributed by atoms with van der Waals surface area (Å²) in [6.45, 7) is 0.543. The van der Waals surface area contributed by atoms with E-state index in [9.17, 15) is 20.0 Å². The molecule has 20 heavy (non-hydrogen) atoms. The lowest BCUT2D eigenvalue weighted by atomic mass is 10.1. The van der Waals surface area contributed by atoms with Crippen LogP contribution in [0.2, 0.25) is 0 Å². The van der Waals surface area contributed by atoms with Crippen molar-refractivity contribution in [1.82, 2.24) is 4.90 Å². The smallest absolute Gasteiger partial charge is 0.282 e. The molecule has 0 spiro atoms. The predicted molar refractivity (Wildman–Crippen MR) is 72.7 cm³/mol. The molecule has 110 valence electrons. The van der Waals surface area contributed by atoms with Gasteiger partial charge in [-0.1, -0.05) is 0 Å². The van der Waals surface area contributed by atoms with Gasteiger partial charge >= 0.3 is 0 Å². The van der Waals surface area contributed by atoms with Crippen LogP contribution in [0.25, 0.3) is 0 Å². The Labute approximate surface area is 116 Å². The second-order valence-corrected chi connectivity index (χ2v) is 4.47. The normalized spacial score (nSPS) is 10.3. The maximum Gasteiger partial charge on any atom is 0.282 e. The van der Waals surface area contributed by atoms with Gasteiger partial charge in [0.05, 0.1) is 4.92 Å². The van der Waals surface area contributed by atoms with E-state index in [0.29, 0.717) is 19.4 Å². The summed E-state index contributed by atoms with van der Waals surface area (Å²) in [6.07, 6.45) is 2.14. The standard InChI is InChI=1S/C13H18N2O5/c1-14(7-3-2-4-8-16)13(18)11-9-10(17)5-6-12(11)15(19)20/h5-6,9,16-17H,2-4,7-8H2,1H3. The number of phenolic OH excluding ortho intramolecular Hbond substituents is 1. The van der Waals surface area contributed by atoms with Gasteiger partial charge in [0.25, 0.3) is 11.6 Å². The minimum absolute atomic E-state index is 0.107. The highest BCUT2D eigenvalue weighted by Gasteiger charge is 2.23. The number of unbranched alkanes of at least 4 members (excludes halogenated alkanes) is 2. The SMILES string of the molecule is CN(CCCCCO)C(=O)c1cc(O)ccc1[N+](=O)[O-]. The van der Waals surface area contributed by atoms with Crippen molar-refractivity contribution in [3.63, 3.8) is 0 Å². The number of nitrogens with zero attached hydrogens (tertiary/aromatic N) is 2. The molecule has 0 atom stereocenters. The molecule has 7 nitrogen and oxygen atoms in total. The highest BCUT2D eigenvalue weighted by molar-refractivity contribution is 5.98. The molecule has 1 rings (SSSR count). The van der Waals surface area contributed by atoms with Crippen LogP contribution in [0.1, 0.15) is 29.6 Å². The van der Waals surface area contributed by atoms with Gasteiger partial charge in [0.1, 0.15) is 11.3 Å². The summed E-state index contributed by atoms with van der Waals surface area (Å²) in [4.78, 5) is 23.8. The lowest BCUT2D eigenvalue weighted by Gasteiger charge is -2.17. The zero-order valence-corrected chi connectivity index (χ0v) is 11.3. The molecular weight excluding hydrogens is 264 g/mol. The monoisotopic (exact) mass is 282 g/mol. The van der Waals surface area contributed by atoms with Gasteiger partial charge in [-0.05, 0) is 31.4 Å². The molecule has 1 aromatic carbocycles. The van der Waals surface area contributed by atoms with Crippen LogP contribution in [0.15, 0.2) is 18.2 Å². The Morgan fingerprint density at radius 1 is 1.35 bits per heavy atom. The predicted octanol–water partition coefficient (Wildman–Crippen LogP) is 1.53. The second kappa shape index (κ2) is 7.44. The second-order valence-electron chi connectivity index (χ2n) is 4.47. The van der Waals surface area contributed by atoms with Crippen LogP contribution >= 0.6 is 0 Å². The Kier molecular flexibility index (Phi) is 5.92. The molecule has 2 N–H and O–H groups in total. The molecule has 0 fully saturated rings. The first kappa shape index (κ1) is 15.9. The summed E-state index contributed by atoms with van der Waals surface area (Å²) in [5, 5.41) is 28.9. The summed E-state index contributed by atoms with van der Waals surface area (Å²) in [5.41, 5.74) is -0.449. The summed E-state index contributed by atoms with van der Waals surface area (Å²) in [6, 6.07) is 3.39. The van der Waals surface area contributed by atoms with Crippen LogP contribution in [0.3, 0.4) is 0 Å². The van der Waals surface area contributed by atoms with E-state index in [2.05, 4.69) is 0 Å². The molecule has 0 aliphatic heterocycles. The van der Waals surface area contributed by atoms with Gasteiger partial charge in [0, 0.05) is 26.3 Å². The van der Waals surface area contributed by atoms with Crippen molar-refractivity contribution in [2.45, 2.75) is 19.3 Å². The first-order valence-corrected chi connectivity index (χ1v) is 6.31. The van der Waals surface area contributed by atoms with Crippen LogP contribution in [-0.2, 0) is 0 Å². The van der Waals surface area contributed by atoms with E-state index < -0.39 is 10.8 Å². The molecule has 0 aromatic heterocycles. The van der Waals surface area contributed by atoms with Crippen molar-refractivity contribution in [3.8, 4) is 5.75 Å². The number of nitro benzene ring substituents is 1. The number of phenols is 1. The van der Waals surface area contributed by atoms with Gasteiger partial charge in [-0.3, -0.25) is 14.9 Å². The summed E-state index contributed by atoms with van der Waals surface area (Å²) in [7, 11) is 1.55. The van der Waals surface area contributed by atoms with E-state index in [1.807, 2.05) is 0 Å². The Morgan fingerprint density at radius 2 is 2.05 bits per heavy atom. The third kappa shape index (κ3) is 4.20. The number of benzene rings is 1. The Hall–Kier alpha value is -2.15. The fourth-order valence-corrected chi connectivity index (χ4v) is 1.80. The number of hydrogen-bond donors (Lipinski definition) is 2. The lowest BCUT2D eigenvalue weighted by Crippen LogP contribution is -2.28. The average Bonchev–Trinajstić information content (AvgIpc) is 2.42. The third-order valence-corrected chi connectivity index (χ3v) is 2.91. The molecule has 0 saturated heterocycles. The van der Waals surface area contributed by atoms with Crippen LogP contribution < -0.4 is 0 Å². The number of carbonyl (C=O) groups is 1. The summed E-state index contributed by atoms with van der Waals surface area (Å²) >= 11 is 0. The molecule has 7 heteroatoms. The summed E-state index contributed by atoms with van der Waals surface area (Å²) in [5.74, 6) is -0.691. The van der Waals surface area contributed by atoms with E-state index in [1.165, 1.54) is 11.0 Å². The van der Waals surface area contributed by atoms with Crippen molar-refractivity contribution < 1.29 is 19.9 Å². The van der Waals surface area contributed by atoms with E-state index in [-0.39, 0.29) is 23.6 Å². The Bertz CT molecular complexity index is 490. The molecular formula is C13H18N2O5. The molecule has 0 saturated carbocycles. The third-order valence-electron chi connectivity index (χ3n) is 2.91. The maximum atomic E-state index is 12.1. The van der Waals surface area contributed by atoms with Gasteiger partial charge < -0.3 is 15.1 Å². The summed E-state index contributed by atoms with van der Waals surface area (Å²) < 4.78 is 0. The van der Waals surface area contributed by atoms with Crippen molar-refractivity contribution in [1.29, 1.82) is 0 Å². The highest BCUT2D eigenvalue weighted by Crippen LogP contribution is 2.24. The van der Waals surface area contributed by atoms with Crippen molar-refractivity contribution in [3.05, 3.63) is 33.9 Å². The van der Waals surface area contributed by atoms with Crippen LogP contribution in [0, 0.1) is 10.1 Å². The number of nitro groups is 1. The highest BCUT2D eigenvalue weighted by atomic mass is 16.6. The zero-order valence-electron chi connectivity index (χ0n) is 11.3. The fourth-order valence-electron chi connectivity index (χ4n) is 1.80. The van der Waals surface area contributed by atoms with Crippen molar-refractivity contribution in [2.75, 3.05) is 20.2 Å². The minimum atomic E-state index is -0.647. The fraction of sp³-hybridized carbons (Fsp3) is 0.462. The quantitative estimate of drug-likeness (QED) is 0.448. The largest absolute Gasteiger partial charge is 0.508 e. The first-order valence-electron chi connectivity index (χ1n) is 6.31. The molecule has 0 heterocycles. The van der Waals surface area contributed by atoms with Gasteiger partial charge in [0.2, 0.25) is 0 Å². The van der Waals surface area contributed by atoms with E-state index in [0.717, 1.165) is 18.6 Å². The molecule has 1 amide bonds. The number of aromatic hydroxyl groups is 1. The van der Waals surface area contributed by atoms with Gasteiger partial charge in [-0.25, -0.2) is 0 Å². The van der Waals surface area contributed by atoms with Crippen LogP contribution in [0.5, 0.6) is 5.75 Å². The molecule has 0 aliphatic rings. The zero-order chi connectivity index (χ0) is 15.1. The van der Waals surface area contributed by atoms with Crippen molar-refractivity contribution >= 4 is 11.6 Å².